The summed E-state index contributed by atoms with van der Waals surface area (Å²) >= 11 is 0. The van der Waals surface area contributed by atoms with E-state index in [1.807, 2.05) is 32.0 Å². The van der Waals surface area contributed by atoms with Crippen molar-refractivity contribution < 1.29 is 9.21 Å². The Bertz CT molecular complexity index is 962. The number of hydrogen-bond acceptors (Lipinski definition) is 4. The Balaban J connectivity index is 2.09. The first-order chi connectivity index (χ1) is 10.9. The Morgan fingerprint density at radius 3 is 2.48 bits per heavy atom. The van der Waals surface area contributed by atoms with Crippen LogP contribution < -0.4 is 10.9 Å². The summed E-state index contributed by atoms with van der Waals surface area (Å²) < 4.78 is 6.78. The number of rotatable bonds is 2. The first kappa shape index (κ1) is 15.0. The highest BCUT2D eigenvalue weighted by Crippen LogP contribution is 2.22. The SMILES string of the molecule is Cc1cc(C)cc(NC(=O)c2c(C)oc3ncn(C)c(=O)c23)c1. The van der Waals surface area contributed by atoms with Gasteiger partial charge in [0.2, 0.25) is 5.71 Å². The van der Waals surface area contributed by atoms with Crippen molar-refractivity contribution in [1.29, 1.82) is 0 Å². The minimum absolute atomic E-state index is 0.177. The number of anilines is 1. The van der Waals surface area contributed by atoms with Crippen molar-refractivity contribution in [2.24, 2.45) is 7.05 Å². The van der Waals surface area contributed by atoms with E-state index < -0.39 is 0 Å². The standard InChI is InChI=1S/C17H17N3O3/c1-9-5-10(2)7-12(6-9)19-15(21)13-11(3)23-16-14(13)17(22)20(4)8-18-16/h5-8H,1-4H3,(H,19,21). The topological polar surface area (TPSA) is 77.1 Å². The number of benzene rings is 1. The summed E-state index contributed by atoms with van der Waals surface area (Å²) in [5.74, 6) is -0.00553. The molecule has 0 bridgehead atoms. The van der Waals surface area contributed by atoms with Gasteiger partial charge < -0.3 is 14.3 Å². The number of aromatic nitrogens is 2. The van der Waals surface area contributed by atoms with E-state index in [1.165, 1.54) is 10.9 Å². The minimum atomic E-state index is -0.378. The maximum absolute atomic E-state index is 12.6. The fourth-order valence-corrected chi connectivity index (χ4v) is 2.70. The molecule has 0 aliphatic carbocycles. The molecule has 6 nitrogen and oxygen atoms in total. The molecule has 2 aromatic heterocycles. The fraction of sp³-hybridized carbons (Fsp3) is 0.235. The van der Waals surface area contributed by atoms with Gasteiger partial charge in [-0.05, 0) is 44.0 Å². The van der Waals surface area contributed by atoms with E-state index in [-0.39, 0.29) is 28.1 Å². The third-order valence-electron chi connectivity index (χ3n) is 3.65. The Kier molecular flexibility index (Phi) is 3.52. The monoisotopic (exact) mass is 311 g/mol. The zero-order valence-electron chi connectivity index (χ0n) is 13.4. The second kappa shape index (κ2) is 5.39. The molecule has 0 aliphatic rings. The Labute approximate surface area is 132 Å². The molecule has 2 heterocycles. The van der Waals surface area contributed by atoms with Crippen LogP contribution in [0.1, 0.15) is 27.2 Å². The van der Waals surface area contributed by atoms with Gasteiger partial charge in [0.1, 0.15) is 17.5 Å². The molecule has 6 heteroatoms. The Hall–Kier alpha value is -2.89. The van der Waals surface area contributed by atoms with Gasteiger partial charge in [-0.25, -0.2) is 4.98 Å². The number of amides is 1. The lowest BCUT2D eigenvalue weighted by molar-refractivity contribution is 0.102. The van der Waals surface area contributed by atoms with E-state index in [0.29, 0.717) is 11.4 Å². The highest BCUT2D eigenvalue weighted by Gasteiger charge is 2.22. The molecule has 1 amide bonds. The summed E-state index contributed by atoms with van der Waals surface area (Å²) in [5.41, 5.74) is 2.88. The number of aryl methyl sites for hydroxylation is 4. The predicted octanol–water partition coefficient (Wildman–Crippen LogP) is 2.70. The van der Waals surface area contributed by atoms with Crippen LogP contribution in [0, 0.1) is 20.8 Å². The van der Waals surface area contributed by atoms with Crippen molar-refractivity contribution in [3.05, 3.63) is 57.3 Å². The minimum Gasteiger partial charge on any atom is -0.442 e. The van der Waals surface area contributed by atoms with Crippen LogP contribution in [0.4, 0.5) is 5.69 Å². The van der Waals surface area contributed by atoms with Crippen molar-refractivity contribution in [3.8, 4) is 0 Å². The van der Waals surface area contributed by atoms with Gasteiger partial charge in [-0.3, -0.25) is 9.59 Å². The zero-order chi connectivity index (χ0) is 16.7. The number of carbonyl (C=O) groups is 1. The van der Waals surface area contributed by atoms with Crippen LogP contribution >= 0.6 is 0 Å². The molecular weight excluding hydrogens is 294 g/mol. The molecule has 3 rings (SSSR count). The number of furan rings is 1. The number of carbonyl (C=O) groups excluding carboxylic acids is 1. The lowest BCUT2D eigenvalue weighted by atomic mass is 10.1. The highest BCUT2D eigenvalue weighted by atomic mass is 16.3. The molecule has 0 fully saturated rings. The third-order valence-corrected chi connectivity index (χ3v) is 3.65. The average Bonchev–Trinajstić information content (AvgIpc) is 2.79. The molecule has 0 spiro atoms. The summed E-state index contributed by atoms with van der Waals surface area (Å²) in [6.45, 7) is 5.57. The molecule has 1 aromatic carbocycles. The van der Waals surface area contributed by atoms with Gasteiger partial charge in [0.05, 0.1) is 5.56 Å². The van der Waals surface area contributed by atoms with E-state index >= 15 is 0 Å². The zero-order valence-corrected chi connectivity index (χ0v) is 13.4. The van der Waals surface area contributed by atoms with Crippen LogP contribution in [-0.2, 0) is 7.05 Å². The van der Waals surface area contributed by atoms with E-state index in [9.17, 15) is 9.59 Å². The molecule has 1 N–H and O–H groups in total. The van der Waals surface area contributed by atoms with E-state index in [4.69, 9.17) is 4.42 Å². The number of hydrogen-bond donors (Lipinski definition) is 1. The maximum Gasteiger partial charge on any atom is 0.265 e. The molecule has 23 heavy (non-hydrogen) atoms. The van der Waals surface area contributed by atoms with Gasteiger partial charge >= 0.3 is 0 Å². The Morgan fingerprint density at radius 1 is 1.17 bits per heavy atom. The van der Waals surface area contributed by atoms with E-state index in [2.05, 4.69) is 10.3 Å². The van der Waals surface area contributed by atoms with Gasteiger partial charge in [-0.2, -0.15) is 0 Å². The van der Waals surface area contributed by atoms with Gasteiger partial charge in [0.25, 0.3) is 11.5 Å². The molecule has 0 aliphatic heterocycles. The molecule has 3 aromatic rings. The van der Waals surface area contributed by atoms with Crippen molar-refractivity contribution in [2.45, 2.75) is 20.8 Å². The van der Waals surface area contributed by atoms with E-state index in [0.717, 1.165) is 11.1 Å². The highest BCUT2D eigenvalue weighted by molar-refractivity contribution is 6.12. The fourth-order valence-electron chi connectivity index (χ4n) is 2.70. The molecule has 0 saturated heterocycles. The molecule has 0 radical (unpaired) electrons. The van der Waals surface area contributed by atoms with Gasteiger partial charge in [-0.1, -0.05) is 6.07 Å². The number of nitrogens with zero attached hydrogens (tertiary/aromatic N) is 2. The van der Waals surface area contributed by atoms with Crippen LogP contribution in [0.5, 0.6) is 0 Å². The number of fused-ring (bicyclic) bond motifs is 1. The van der Waals surface area contributed by atoms with Crippen molar-refractivity contribution in [2.75, 3.05) is 5.32 Å². The normalized spacial score (nSPS) is 11.0. The summed E-state index contributed by atoms with van der Waals surface area (Å²) in [7, 11) is 1.59. The first-order valence-electron chi connectivity index (χ1n) is 7.21. The summed E-state index contributed by atoms with van der Waals surface area (Å²) in [5, 5.41) is 3.03. The quantitative estimate of drug-likeness (QED) is 0.789. The maximum atomic E-state index is 12.6. The molecular formula is C17H17N3O3. The van der Waals surface area contributed by atoms with Crippen LogP contribution in [0.3, 0.4) is 0 Å². The summed E-state index contributed by atoms with van der Waals surface area (Å²) in [6.07, 6.45) is 1.37. The van der Waals surface area contributed by atoms with E-state index in [1.54, 1.807) is 14.0 Å². The number of nitrogens with one attached hydrogen (secondary N) is 1. The molecule has 118 valence electrons. The van der Waals surface area contributed by atoms with Crippen LogP contribution in [0.2, 0.25) is 0 Å². The van der Waals surface area contributed by atoms with Gasteiger partial charge in [0.15, 0.2) is 0 Å². The first-order valence-corrected chi connectivity index (χ1v) is 7.21. The third kappa shape index (κ3) is 2.63. The second-order valence-corrected chi connectivity index (χ2v) is 5.70. The largest absolute Gasteiger partial charge is 0.442 e. The molecule has 0 saturated carbocycles. The van der Waals surface area contributed by atoms with Crippen molar-refractivity contribution in [3.63, 3.8) is 0 Å². The van der Waals surface area contributed by atoms with Crippen LogP contribution in [-0.4, -0.2) is 15.5 Å². The lowest BCUT2D eigenvalue weighted by Crippen LogP contribution is -2.20. The predicted molar refractivity (Wildman–Crippen MR) is 87.9 cm³/mol. The van der Waals surface area contributed by atoms with Crippen molar-refractivity contribution in [1.82, 2.24) is 9.55 Å². The summed E-state index contributed by atoms with van der Waals surface area (Å²) in [4.78, 5) is 29.0. The molecule has 0 atom stereocenters. The van der Waals surface area contributed by atoms with Crippen LogP contribution in [0.25, 0.3) is 11.1 Å². The lowest BCUT2D eigenvalue weighted by Gasteiger charge is -2.07. The van der Waals surface area contributed by atoms with Gasteiger partial charge in [-0.15, -0.1) is 0 Å². The Morgan fingerprint density at radius 2 is 1.83 bits per heavy atom. The van der Waals surface area contributed by atoms with Crippen molar-refractivity contribution >= 4 is 22.7 Å². The summed E-state index contributed by atoms with van der Waals surface area (Å²) in [6, 6.07) is 5.77. The van der Waals surface area contributed by atoms with Gasteiger partial charge in [0, 0.05) is 12.7 Å². The van der Waals surface area contributed by atoms with Crippen LogP contribution in [0.15, 0.2) is 33.7 Å². The molecule has 0 unspecified atom stereocenters. The second-order valence-electron chi connectivity index (χ2n) is 5.70. The smallest absolute Gasteiger partial charge is 0.265 e. The average molecular weight is 311 g/mol.